The minimum Gasteiger partial charge on any atom is -0.481 e. The number of nitrogens with zero attached hydrogens (tertiary/aromatic N) is 1. The summed E-state index contributed by atoms with van der Waals surface area (Å²) in [6.07, 6.45) is 10.7. The highest BCUT2D eigenvalue weighted by molar-refractivity contribution is 5.77. The molecule has 0 unspecified atom stereocenters. The van der Waals surface area contributed by atoms with Crippen molar-refractivity contribution in [3.63, 3.8) is 0 Å². The van der Waals surface area contributed by atoms with Gasteiger partial charge < -0.3 is 10.0 Å². The molecule has 0 aromatic heterocycles. The van der Waals surface area contributed by atoms with E-state index in [4.69, 9.17) is 5.11 Å². The molecule has 1 aliphatic rings. The third-order valence-electron chi connectivity index (χ3n) is 4.15. The maximum atomic E-state index is 12.3. The quantitative estimate of drug-likeness (QED) is 0.776. The molecule has 20 heavy (non-hydrogen) atoms. The first kappa shape index (κ1) is 17.0. The van der Waals surface area contributed by atoms with E-state index in [0.717, 1.165) is 38.5 Å². The van der Waals surface area contributed by atoms with Crippen LogP contribution in [-0.4, -0.2) is 34.5 Å². The highest BCUT2D eigenvalue weighted by Gasteiger charge is 2.24. The third kappa shape index (κ3) is 6.40. The Labute approximate surface area is 122 Å². The van der Waals surface area contributed by atoms with Crippen molar-refractivity contribution >= 4 is 11.9 Å². The highest BCUT2D eigenvalue weighted by atomic mass is 16.4. The summed E-state index contributed by atoms with van der Waals surface area (Å²) in [5.74, 6) is -0.664. The summed E-state index contributed by atoms with van der Waals surface area (Å²) in [6, 6.07) is 0.263. The summed E-state index contributed by atoms with van der Waals surface area (Å²) in [7, 11) is 0. The molecule has 1 fully saturated rings. The Bertz CT molecular complexity index is 296. The van der Waals surface area contributed by atoms with E-state index >= 15 is 0 Å². The van der Waals surface area contributed by atoms with Crippen LogP contribution in [0.3, 0.4) is 0 Å². The Kier molecular flexibility index (Phi) is 8.31. The Morgan fingerprint density at radius 2 is 1.65 bits per heavy atom. The second-order valence-electron chi connectivity index (χ2n) is 5.83. The van der Waals surface area contributed by atoms with Crippen LogP contribution < -0.4 is 0 Å². The van der Waals surface area contributed by atoms with E-state index in [1.54, 1.807) is 0 Å². The van der Waals surface area contributed by atoms with Crippen molar-refractivity contribution in [1.82, 2.24) is 4.90 Å². The molecule has 4 nitrogen and oxygen atoms in total. The normalized spacial score (nSPS) is 17.2. The van der Waals surface area contributed by atoms with Crippen LogP contribution in [0.15, 0.2) is 0 Å². The third-order valence-corrected chi connectivity index (χ3v) is 4.15. The lowest BCUT2D eigenvalue weighted by molar-refractivity contribution is -0.139. The van der Waals surface area contributed by atoms with Gasteiger partial charge in [-0.3, -0.25) is 9.59 Å². The van der Waals surface area contributed by atoms with Gasteiger partial charge in [0, 0.05) is 19.0 Å². The van der Waals surface area contributed by atoms with Crippen molar-refractivity contribution in [2.75, 3.05) is 6.54 Å². The molecular formula is C16H29NO3. The first-order valence-electron chi connectivity index (χ1n) is 8.16. The monoisotopic (exact) mass is 283 g/mol. The average molecular weight is 283 g/mol. The molecular weight excluding hydrogens is 254 g/mol. The van der Waals surface area contributed by atoms with Gasteiger partial charge in [-0.25, -0.2) is 0 Å². The molecule has 1 saturated carbocycles. The molecule has 116 valence electrons. The number of rotatable bonds is 7. The van der Waals surface area contributed by atoms with Gasteiger partial charge in [-0.2, -0.15) is 0 Å². The molecule has 0 aromatic rings. The molecule has 0 heterocycles. The lowest BCUT2D eigenvalue weighted by atomic mass is 9.95. The maximum Gasteiger partial charge on any atom is 0.305 e. The molecule has 1 aliphatic carbocycles. The van der Waals surface area contributed by atoms with Crippen LogP contribution in [0.1, 0.15) is 77.6 Å². The Hall–Kier alpha value is -1.06. The summed E-state index contributed by atoms with van der Waals surface area (Å²) in [4.78, 5) is 25.0. The van der Waals surface area contributed by atoms with Gasteiger partial charge >= 0.3 is 5.97 Å². The van der Waals surface area contributed by atoms with Gasteiger partial charge in [0.2, 0.25) is 5.91 Å². The maximum absolute atomic E-state index is 12.3. The van der Waals surface area contributed by atoms with Crippen molar-refractivity contribution < 1.29 is 14.7 Å². The van der Waals surface area contributed by atoms with Gasteiger partial charge in [-0.05, 0) is 19.3 Å². The number of carbonyl (C=O) groups excluding carboxylic acids is 1. The van der Waals surface area contributed by atoms with Crippen molar-refractivity contribution in [3.8, 4) is 0 Å². The number of carbonyl (C=O) groups is 2. The minimum atomic E-state index is -0.816. The lowest BCUT2D eigenvalue weighted by Crippen LogP contribution is -2.42. The van der Waals surface area contributed by atoms with Crippen LogP contribution in [0, 0.1) is 0 Å². The van der Waals surface area contributed by atoms with Crippen molar-refractivity contribution in [1.29, 1.82) is 0 Å². The van der Waals surface area contributed by atoms with Crippen LogP contribution in [0.5, 0.6) is 0 Å². The SMILES string of the molecule is CCCCC(=O)N(CCC(=O)O)C1CCCCCCC1. The average Bonchev–Trinajstić information content (AvgIpc) is 2.37. The summed E-state index contributed by atoms with van der Waals surface area (Å²) >= 11 is 0. The van der Waals surface area contributed by atoms with E-state index in [2.05, 4.69) is 6.92 Å². The van der Waals surface area contributed by atoms with Gasteiger partial charge in [-0.1, -0.05) is 45.4 Å². The zero-order valence-corrected chi connectivity index (χ0v) is 12.8. The zero-order valence-electron chi connectivity index (χ0n) is 12.8. The van der Waals surface area contributed by atoms with Crippen LogP contribution in [0.4, 0.5) is 0 Å². The van der Waals surface area contributed by atoms with E-state index < -0.39 is 5.97 Å². The smallest absolute Gasteiger partial charge is 0.305 e. The Morgan fingerprint density at radius 1 is 1.05 bits per heavy atom. The molecule has 0 aliphatic heterocycles. The fraction of sp³-hybridized carbons (Fsp3) is 0.875. The van der Waals surface area contributed by atoms with Gasteiger partial charge in [0.1, 0.15) is 0 Å². The largest absolute Gasteiger partial charge is 0.481 e. The van der Waals surface area contributed by atoms with Crippen molar-refractivity contribution in [2.24, 2.45) is 0 Å². The Balaban J connectivity index is 2.61. The fourth-order valence-corrected chi connectivity index (χ4v) is 2.94. The van der Waals surface area contributed by atoms with Gasteiger partial charge in [0.15, 0.2) is 0 Å². The first-order valence-corrected chi connectivity index (χ1v) is 8.16. The molecule has 4 heteroatoms. The molecule has 1 rings (SSSR count). The van der Waals surface area contributed by atoms with Gasteiger partial charge in [0.25, 0.3) is 0 Å². The lowest BCUT2D eigenvalue weighted by Gasteiger charge is -2.33. The molecule has 0 spiro atoms. The van der Waals surface area contributed by atoms with E-state index in [1.807, 2.05) is 4.90 Å². The number of hydrogen-bond acceptors (Lipinski definition) is 2. The summed E-state index contributed by atoms with van der Waals surface area (Å²) < 4.78 is 0. The number of unbranched alkanes of at least 4 members (excludes halogenated alkanes) is 1. The van der Waals surface area contributed by atoms with Crippen LogP contribution in [0.25, 0.3) is 0 Å². The Morgan fingerprint density at radius 3 is 2.20 bits per heavy atom. The summed E-state index contributed by atoms with van der Waals surface area (Å²) in [5, 5.41) is 8.88. The number of hydrogen-bond donors (Lipinski definition) is 1. The molecule has 0 bridgehead atoms. The molecule has 1 N–H and O–H groups in total. The van der Waals surface area contributed by atoms with Crippen LogP contribution >= 0.6 is 0 Å². The molecule has 0 aromatic carbocycles. The van der Waals surface area contributed by atoms with Crippen LogP contribution in [0.2, 0.25) is 0 Å². The van der Waals surface area contributed by atoms with Crippen molar-refractivity contribution in [2.45, 2.75) is 83.6 Å². The number of carboxylic acids is 1. The molecule has 0 atom stereocenters. The molecule has 0 saturated heterocycles. The predicted octanol–water partition coefficient (Wildman–Crippen LogP) is 3.59. The highest BCUT2D eigenvalue weighted by Crippen LogP contribution is 2.22. The van der Waals surface area contributed by atoms with Gasteiger partial charge in [0.05, 0.1) is 6.42 Å². The standard InChI is InChI=1S/C16H29NO3/c1-2-3-11-15(18)17(13-12-16(19)20)14-9-7-5-4-6-8-10-14/h14H,2-13H2,1H3,(H,19,20). The number of amides is 1. The number of carboxylic acid groups (broad SMARTS) is 1. The summed E-state index contributed by atoms with van der Waals surface area (Å²) in [5.41, 5.74) is 0. The zero-order chi connectivity index (χ0) is 14.8. The fourth-order valence-electron chi connectivity index (χ4n) is 2.94. The van der Waals surface area contributed by atoms with E-state index in [1.165, 1.54) is 19.3 Å². The van der Waals surface area contributed by atoms with Gasteiger partial charge in [-0.15, -0.1) is 0 Å². The van der Waals surface area contributed by atoms with Crippen molar-refractivity contribution in [3.05, 3.63) is 0 Å². The number of aliphatic carboxylic acids is 1. The minimum absolute atomic E-state index is 0.0639. The second kappa shape index (κ2) is 9.78. The van der Waals surface area contributed by atoms with E-state index in [9.17, 15) is 9.59 Å². The van der Waals surface area contributed by atoms with Crippen LogP contribution in [-0.2, 0) is 9.59 Å². The van der Waals surface area contributed by atoms with E-state index in [0.29, 0.717) is 13.0 Å². The predicted molar refractivity (Wildman–Crippen MR) is 79.6 cm³/mol. The molecule has 1 amide bonds. The summed E-state index contributed by atoms with van der Waals surface area (Å²) in [6.45, 7) is 2.45. The van der Waals surface area contributed by atoms with E-state index in [-0.39, 0.29) is 18.4 Å². The molecule has 0 radical (unpaired) electrons. The second-order valence-corrected chi connectivity index (χ2v) is 5.83. The topological polar surface area (TPSA) is 57.6 Å². The first-order chi connectivity index (χ1) is 9.65.